The number of hydrogen-bond acceptors (Lipinski definition) is 10. The molecule has 2 aliphatic rings. The molecule has 0 radical (unpaired) electrons. The number of amides is 2. The van der Waals surface area contributed by atoms with E-state index >= 15 is 0 Å². The molecule has 0 atom stereocenters. The highest BCUT2D eigenvalue weighted by atomic mass is 16.7. The van der Waals surface area contributed by atoms with Gasteiger partial charge in [-0.2, -0.15) is 0 Å². The van der Waals surface area contributed by atoms with Crippen molar-refractivity contribution in [2.45, 2.75) is 13.2 Å². The fourth-order valence-electron chi connectivity index (χ4n) is 3.44. The Balaban J connectivity index is 1.50. The molecule has 13 heteroatoms. The van der Waals surface area contributed by atoms with Gasteiger partial charge in [0.2, 0.25) is 0 Å². The Morgan fingerprint density at radius 1 is 1.12 bits per heavy atom. The number of hydrogen-bond donors (Lipinski definition) is 0. The first kappa shape index (κ1) is 20.9. The molecular formula is C19H13N3O10. The molecule has 0 fully saturated rings. The molecule has 0 N–H and O–H groups in total. The Bertz CT molecular complexity index is 1190. The second-order valence-electron chi connectivity index (χ2n) is 6.77. The maximum Gasteiger partial charge on any atom is 0.326 e. The molecule has 2 aliphatic heterocycles. The summed E-state index contributed by atoms with van der Waals surface area (Å²) in [7, 11) is 0. The summed E-state index contributed by atoms with van der Waals surface area (Å²) in [4.78, 5) is 58.8. The maximum absolute atomic E-state index is 12.5. The van der Waals surface area contributed by atoms with Crippen LogP contribution in [0.4, 0.5) is 11.4 Å². The quantitative estimate of drug-likeness (QED) is 0.277. The molecule has 2 heterocycles. The first-order chi connectivity index (χ1) is 15.3. The predicted molar refractivity (Wildman–Crippen MR) is 102 cm³/mol. The third-order valence-corrected chi connectivity index (χ3v) is 4.83. The van der Waals surface area contributed by atoms with E-state index in [1.165, 1.54) is 24.3 Å². The SMILES string of the molecule is O=C(CN1C(=O)c2cccc([N+](=O)[O-])c2C1=O)OCc1cc([N+](=O)[O-])cc2c1OCOC2. The van der Waals surface area contributed by atoms with Crippen LogP contribution in [0.3, 0.4) is 0 Å². The van der Waals surface area contributed by atoms with Crippen molar-refractivity contribution in [2.24, 2.45) is 0 Å². The Morgan fingerprint density at radius 3 is 2.62 bits per heavy atom. The standard InChI is InChI=1S/C19H13N3O10/c23-15(6-20-18(24)13-2-1-3-14(22(28)29)16(13)19(20)25)31-8-11-5-12(21(26)27)4-10-7-30-9-32-17(10)11/h1-5H,6-9H2. The fraction of sp³-hybridized carbons (Fsp3) is 0.211. The maximum atomic E-state index is 12.5. The number of benzene rings is 2. The summed E-state index contributed by atoms with van der Waals surface area (Å²) in [5, 5.41) is 22.3. The summed E-state index contributed by atoms with van der Waals surface area (Å²) in [6.45, 7) is -1.22. The molecule has 0 saturated carbocycles. The Kier molecular flexibility index (Phi) is 5.24. The van der Waals surface area contributed by atoms with Gasteiger partial charge >= 0.3 is 5.97 Å². The average Bonchev–Trinajstić information content (AvgIpc) is 3.02. The lowest BCUT2D eigenvalue weighted by atomic mass is 10.1. The van der Waals surface area contributed by atoms with Crippen molar-refractivity contribution in [3.8, 4) is 5.75 Å². The second-order valence-corrected chi connectivity index (χ2v) is 6.77. The molecule has 0 spiro atoms. The van der Waals surface area contributed by atoms with E-state index < -0.39 is 52.0 Å². The second kappa shape index (κ2) is 8.03. The molecule has 13 nitrogen and oxygen atoms in total. The largest absolute Gasteiger partial charge is 0.467 e. The van der Waals surface area contributed by atoms with Gasteiger partial charge in [0.05, 0.1) is 22.0 Å². The molecule has 2 amide bonds. The van der Waals surface area contributed by atoms with Gasteiger partial charge in [0, 0.05) is 29.3 Å². The third kappa shape index (κ3) is 3.60. The molecule has 4 rings (SSSR count). The molecule has 2 aromatic carbocycles. The summed E-state index contributed by atoms with van der Waals surface area (Å²) in [6.07, 6.45) is 0. The van der Waals surface area contributed by atoms with Crippen LogP contribution < -0.4 is 4.74 Å². The van der Waals surface area contributed by atoms with Gasteiger partial charge in [-0.25, -0.2) is 0 Å². The van der Waals surface area contributed by atoms with E-state index in [-0.39, 0.29) is 36.0 Å². The van der Waals surface area contributed by atoms with Crippen LogP contribution in [-0.4, -0.2) is 45.9 Å². The summed E-state index contributed by atoms with van der Waals surface area (Å²) >= 11 is 0. The van der Waals surface area contributed by atoms with Crippen molar-refractivity contribution in [3.63, 3.8) is 0 Å². The Morgan fingerprint density at radius 2 is 1.91 bits per heavy atom. The van der Waals surface area contributed by atoms with Crippen LogP contribution in [0.1, 0.15) is 31.8 Å². The summed E-state index contributed by atoms with van der Waals surface area (Å²) in [6, 6.07) is 6.07. The van der Waals surface area contributed by atoms with Gasteiger partial charge in [-0.1, -0.05) is 6.07 Å². The zero-order valence-corrected chi connectivity index (χ0v) is 16.1. The minimum Gasteiger partial charge on any atom is -0.467 e. The molecule has 0 aliphatic carbocycles. The van der Waals surface area contributed by atoms with E-state index in [4.69, 9.17) is 14.2 Å². The molecular weight excluding hydrogens is 430 g/mol. The van der Waals surface area contributed by atoms with Crippen molar-refractivity contribution >= 4 is 29.2 Å². The van der Waals surface area contributed by atoms with Gasteiger partial charge in [-0.05, 0) is 6.07 Å². The minimum absolute atomic E-state index is 0.0752. The highest BCUT2D eigenvalue weighted by Crippen LogP contribution is 2.33. The van der Waals surface area contributed by atoms with Crippen molar-refractivity contribution in [1.82, 2.24) is 4.90 Å². The summed E-state index contributed by atoms with van der Waals surface area (Å²) < 4.78 is 15.5. The van der Waals surface area contributed by atoms with Crippen LogP contribution >= 0.6 is 0 Å². The van der Waals surface area contributed by atoms with Gasteiger partial charge in [-0.15, -0.1) is 0 Å². The first-order valence-corrected chi connectivity index (χ1v) is 9.08. The highest BCUT2D eigenvalue weighted by Gasteiger charge is 2.42. The molecule has 0 saturated heterocycles. The van der Waals surface area contributed by atoms with Crippen LogP contribution in [0.5, 0.6) is 5.75 Å². The number of imide groups is 1. The van der Waals surface area contributed by atoms with E-state index in [1.807, 2.05) is 0 Å². The van der Waals surface area contributed by atoms with Gasteiger partial charge in [0.1, 0.15) is 24.5 Å². The number of nitrogens with zero attached hydrogens (tertiary/aromatic N) is 3. The number of carbonyl (C=O) groups is 3. The van der Waals surface area contributed by atoms with Crippen molar-refractivity contribution < 1.29 is 38.4 Å². The van der Waals surface area contributed by atoms with Crippen LogP contribution in [0.25, 0.3) is 0 Å². The van der Waals surface area contributed by atoms with Crippen LogP contribution in [0.15, 0.2) is 30.3 Å². The Hall–Kier alpha value is -4.39. The van der Waals surface area contributed by atoms with Crippen molar-refractivity contribution in [2.75, 3.05) is 13.3 Å². The van der Waals surface area contributed by atoms with Gasteiger partial charge in [-0.3, -0.25) is 39.5 Å². The van der Waals surface area contributed by atoms with Crippen LogP contribution in [-0.2, 0) is 27.5 Å². The lowest BCUT2D eigenvalue weighted by Gasteiger charge is -2.20. The molecule has 0 bridgehead atoms. The summed E-state index contributed by atoms with van der Waals surface area (Å²) in [5.74, 6) is -2.55. The number of nitro groups is 2. The normalized spacial score (nSPS) is 14.4. The smallest absolute Gasteiger partial charge is 0.326 e. The van der Waals surface area contributed by atoms with E-state index in [9.17, 15) is 34.6 Å². The van der Waals surface area contributed by atoms with Crippen LogP contribution in [0, 0.1) is 20.2 Å². The number of esters is 1. The van der Waals surface area contributed by atoms with Crippen molar-refractivity contribution in [3.05, 3.63) is 72.8 Å². The summed E-state index contributed by atoms with van der Waals surface area (Å²) in [5.41, 5.74) is -0.751. The average molecular weight is 443 g/mol. The highest BCUT2D eigenvalue weighted by molar-refractivity contribution is 6.24. The van der Waals surface area contributed by atoms with Crippen LogP contribution in [0.2, 0.25) is 0 Å². The zero-order chi connectivity index (χ0) is 23.0. The van der Waals surface area contributed by atoms with E-state index in [0.717, 1.165) is 6.07 Å². The van der Waals surface area contributed by atoms with E-state index in [0.29, 0.717) is 10.5 Å². The Labute approximate surface area is 178 Å². The predicted octanol–water partition coefficient (Wildman–Crippen LogP) is 1.71. The lowest BCUT2D eigenvalue weighted by molar-refractivity contribution is -0.385. The topological polar surface area (TPSA) is 168 Å². The van der Waals surface area contributed by atoms with Gasteiger partial charge < -0.3 is 14.2 Å². The van der Waals surface area contributed by atoms with E-state index in [1.54, 1.807) is 0 Å². The molecule has 0 aromatic heterocycles. The van der Waals surface area contributed by atoms with E-state index in [2.05, 4.69) is 0 Å². The molecule has 164 valence electrons. The number of ether oxygens (including phenoxy) is 3. The van der Waals surface area contributed by atoms with Gasteiger partial charge in [0.15, 0.2) is 6.79 Å². The first-order valence-electron chi connectivity index (χ1n) is 9.08. The number of rotatable bonds is 6. The monoisotopic (exact) mass is 443 g/mol. The minimum atomic E-state index is -0.991. The molecule has 32 heavy (non-hydrogen) atoms. The number of fused-ring (bicyclic) bond motifs is 2. The molecule has 0 unspecified atom stereocenters. The fourth-order valence-corrected chi connectivity index (χ4v) is 3.44. The number of carbonyl (C=O) groups excluding carboxylic acids is 3. The lowest BCUT2D eigenvalue weighted by Crippen LogP contribution is -2.35. The third-order valence-electron chi connectivity index (χ3n) is 4.83. The van der Waals surface area contributed by atoms with Gasteiger partial charge in [0.25, 0.3) is 23.2 Å². The van der Waals surface area contributed by atoms with Crippen molar-refractivity contribution in [1.29, 1.82) is 0 Å². The number of non-ortho nitro benzene ring substituents is 1. The zero-order valence-electron chi connectivity index (χ0n) is 16.1. The molecule has 2 aromatic rings. The number of nitro benzene ring substituents is 2.